The van der Waals surface area contributed by atoms with Crippen molar-refractivity contribution in [3.05, 3.63) is 22.1 Å². The third-order valence-corrected chi connectivity index (χ3v) is 1.94. The molecule has 0 fully saturated rings. The van der Waals surface area contributed by atoms with Gasteiger partial charge in [0.05, 0.1) is 6.61 Å². The van der Waals surface area contributed by atoms with Crippen molar-refractivity contribution < 1.29 is 24.7 Å². The molecule has 0 radical (unpaired) electrons. The quantitative estimate of drug-likeness (QED) is 0.353. The Bertz CT molecular complexity index is 417. The van der Waals surface area contributed by atoms with Crippen LogP contribution in [0.2, 0.25) is 0 Å². The summed E-state index contributed by atoms with van der Waals surface area (Å²) in [6.45, 7) is 1.54. The van der Waals surface area contributed by atoms with Crippen LogP contribution in [0.25, 0.3) is 0 Å². The molecule has 94 valence electrons. The maximum absolute atomic E-state index is 11.1. The predicted octanol–water partition coefficient (Wildman–Crippen LogP) is -0.725. The van der Waals surface area contributed by atoms with Crippen molar-refractivity contribution in [3.63, 3.8) is 0 Å². The number of aromatic nitrogens is 2. The number of esters is 1. The van der Waals surface area contributed by atoms with E-state index in [2.05, 4.69) is 14.7 Å². The standard InChI is InChI=1S/C8H11N3O6/c1-2-17-8(14)6(13)5(12)4-7(11(15)16)10-3-9-4/h3,5-6,12-13H,2H2,1H3,(H,9,10). The minimum atomic E-state index is -1.92. The number of ether oxygens (including phenoxy) is 1. The molecule has 1 aromatic rings. The molecule has 0 spiro atoms. The Morgan fingerprint density at radius 2 is 2.35 bits per heavy atom. The van der Waals surface area contributed by atoms with Crippen molar-refractivity contribution in [2.45, 2.75) is 19.1 Å². The molecule has 0 bridgehead atoms. The van der Waals surface area contributed by atoms with Crippen LogP contribution in [0.3, 0.4) is 0 Å². The van der Waals surface area contributed by atoms with Crippen molar-refractivity contribution in [3.8, 4) is 0 Å². The molecule has 2 atom stereocenters. The van der Waals surface area contributed by atoms with E-state index in [1.807, 2.05) is 0 Å². The molecule has 1 aromatic heterocycles. The van der Waals surface area contributed by atoms with E-state index in [-0.39, 0.29) is 6.61 Å². The number of aliphatic hydroxyl groups is 2. The van der Waals surface area contributed by atoms with Gasteiger partial charge in [-0.2, -0.15) is 0 Å². The summed E-state index contributed by atoms with van der Waals surface area (Å²) in [4.78, 5) is 26.5. The zero-order valence-electron chi connectivity index (χ0n) is 8.86. The van der Waals surface area contributed by atoms with Crippen LogP contribution >= 0.6 is 0 Å². The van der Waals surface area contributed by atoms with Crippen LogP contribution in [0, 0.1) is 10.1 Å². The third kappa shape index (κ3) is 2.77. The fourth-order valence-electron chi connectivity index (χ4n) is 1.17. The predicted molar refractivity (Wildman–Crippen MR) is 52.8 cm³/mol. The molecule has 0 aliphatic carbocycles. The average Bonchev–Trinajstić information content (AvgIpc) is 2.76. The second-order valence-corrected chi connectivity index (χ2v) is 3.04. The Morgan fingerprint density at radius 1 is 1.71 bits per heavy atom. The Hall–Kier alpha value is -2.00. The van der Waals surface area contributed by atoms with Gasteiger partial charge in [-0.25, -0.2) is 14.8 Å². The number of rotatable bonds is 5. The van der Waals surface area contributed by atoms with Crippen molar-refractivity contribution >= 4 is 11.8 Å². The lowest BCUT2D eigenvalue weighted by atomic mass is 10.1. The highest BCUT2D eigenvalue weighted by molar-refractivity contribution is 5.75. The maximum Gasteiger partial charge on any atom is 0.346 e. The molecule has 1 rings (SSSR count). The lowest BCUT2D eigenvalue weighted by molar-refractivity contribution is -0.390. The van der Waals surface area contributed by atoms with Crippen LogP contribution in [-0.2, 0) is 9.53 Å². The topological polar surface area (TPSA) is 139 Å². The number of aliphatic hydroxyl groups excluding tert-OH is 2. The number of carbonyl (C=O) groups excluding carboxylic acids is 1. The van der Waals surface area contributed by atoms with Crippen LogP contribution in [-0.4, -0.2) is 43.8 Å². The minimum absolute atomic E-state index is 0.0191. The number of aromatic amines is 1. The Balaban J connectivity index is 2.88. The van der Waals surface area contributed by atoms with E-state index in [0.717, 1.165) is 6.33 Å². The van der Waals surface area contributed by atoms with Crippen molar-refractivity contribution in [2.24, 2.45) is 0 Å². The first-order valence-corrected chi connectivity index (χ1v) is 4.69. The summed E-state index contributed by atoms with van der Waals surface area (Å²) in [6.07, 6.45) is -2.76. The second kappa shape index (κ2) is 5.37. The van der Waals surface area contributed by atoms with Crippen LogP contribution in [0.1, 0.15) is 18.7 Å². The smallest absolute Gasteiger partial charge is 0.346 e. The first-order valence-electron chi connectivity index (χ1n) is 4.69. The van der Waals surface area contributed by atoms with E-state index in [9.17, 15) is 25.1 Å². The van der Waals surface area contributed by atoms with Gasteiger partial charge in [-0.05, 0) is 11.8 Å². The first kappa shape index (κ1) is 13.1. The van der Waals surface area contributed by atoms with Gasteiger partial charge >= 0.3 is 11.8 Å². The van der Waals surface area contributed by atoms with Gasteiger partial charge in [0.15, 0.2) is 18.1 Å². The summed E-state index contributed by atoms with van der Waals surface area (Å²) in [7, 11) is 0. The number of nitro groups is 1. The Labute approximate surface area is 95.2 Å². The van der Waals surface area contributed by atoms with Gasteiger partial charge in [0.2, 0.25) is 0 Å². The number of imidazole rings is 1. The fraction of sp³-hybridized carbons (Fsp3) is 0.500. The first-order chi connectivity index (χ1) is 7.99. The number of nitrogens with one attached hydrogen (secondary N) is 1. The molecule has 0 aromatic carbocycles. The summed E-state index contributed by atoms with van der Waals surface area (Å²) in [5, 5.41) is 29.5. The van der Waals surface area contributed by atoms with Crippen LogP contribution in [0.4, 0.5) is 5.82 Å². The molecule has 0 aliphatic heterocycles. The summed E-state index contributed by atoms with van der Waals surface area (Å²) in [5.74, 6) is -1.65. The second-order valence-electron chi connectivity index (χ2n) is 3.04. The number of hydrogen-bond donors (Lipinski definition) is 3. The summed E-state index contributed by atoms with van der Waals surface area (Å²) in [6, 6.07) is 0. The fourth-order valence-corrected chi connectivity index (χ4v) is 1.17. The third-order valence-electron chi connectivity index (χ3n) is 1.94. The molecule has 1 heterocycles. The molecule has 9 heteroatoms. The highest BCUT2D eigenvalue weighted by atomic mass is 16.6. The monoisotopic (exact) mass is 245 g/mol. The molecular weight excluding hydrogens is 234 g/mol. The Morgan fingerprint density at radius 3 is 2.88 bits per heavy atom. The SMILES string of the molecule is CCOC(=O)C(O)C(O)c1nc[nH]c1[N+](=O)[O-]. The zero-order valence-corrected chi connectivity index (χ0v) is 8.86. The van der Waals surface area contributed by atoms with Crippen molar-refractivity contribution in [2.75, 3.05) is 6.61 Å². The van der Waals surface area contributed by atoms with Gasteiger partial charge in [-0.3, -0.25) is 0 Å². The Kier molecular flexibility index (Phi) is 4.12. The lowest BCUT2D eigenvalue weighted by Gasteiger charge is -2.14. The molecule has 9 nitrogen and oxygen atoms in total. The number of carbonyl (C=O) groups is 1. The molecular formula is C8H11N3O6. The summed E-state index contributed by atoms with van der Waals surface area (Å²) >= 11 is 0. The van der Waals surface area contributed by atoms with Gasteiger partial charge < -0.3 is 25.1 Å². The molecule has 2 unspecified atom stereocenters. The molecule has 0 saturated heterocycles. The van der Waals surface area contributed by atoms with Gasteiger partial charge in [-0.15, -0.1) is 0 Å². The van der Waals surface area contributed by atoms with Crippen LogP contribution < -0.4 is 0 Å². The summed E-state index contributed by atoms with van der Waals surface area (Å²) < 4.78 is 4.47. The molecule has 3 N–H and O–H groups in total. The van der Waals surface area contributed by atoms with Crippen LogP contribution in [0.15, 0.2) is 6.33 Å². The van der Waals surface area contributed by atoms with Crippen molar-refractivity contribution in [1.82, 2.24) is 9.97 Å². The van der Waals surface area contributed by atoms with Gasteiger partial charge in [0.1, 0.15) is 6.10 Å². The van der Waals surface area contributed by atoms with E-state index in [0.29, 0.717) is 0 Å². The van der Waals surface area contributed by atoms with E-state index in [4.69, 9.17) is 0 Å². The molecule has 0 saturated carbocycles. The van der Waals surface area contributed by atoms with E-state index >= 15 is 0 Å². The number of nitrogens with zero attached hydrogens (tertiary/aromatic N) is 2. The van der Waals surface area contributed by atoms with E-state index in [1.165, 1.54) is 6.92 Å². The molecule has 17 heavy (non-hydrogen) atoms. The normalized spacial score (nSPS) is 14.1. The molecule has 0 aliphatic rings. The van der Waals surface area contributed by atoms with Crippen LogP contribution in [0.5, 0.6) is 0 Å². The zero-order chi connectivity index (χ0) is 13.0. The maximum atomic E-state index is 11.1. The highest BCUT2D eigenvalue weighted by Gasteiger charge is 2.33. The van der Waals surface area contributed by atoms with E-state index in [1.54, 1.807) is 0 Å². The van der Waals surface area contributed by atoms with E-state index < -0.39 is 34.6 Å². The number of H-pyrrole nitrogens is 1. The minimum Gasteiger partial charge on any atom is -0.464 e. The van der Waals surface area contributed by atoms with Gasteiger partial charge in [0.25, 0.3) is 0 Å². The van der Waals surface area contributed by atoms with Gasteiger partial charge in [-0.1, -0.05) is 0 Å². The largest absolute Gasteiger partial charge is 0.464 e. The lowest BCUT2D eigenvalue weighted by Crippen LogP contribution is -2.30. The molecule has 0 amide bonds. The van der Waals surface area contributed by atoms with Crippen molar-refractivity contribution in [1.29, 1.82) is 0 Å². The highest BCUT2D eigenvalue weighted by Crippen LogP contribution is 2.23. The average molecular weight is 245 g/mol. The van der Waals surface area contributed by atoms with Gasteiger partial charge in [0, 0.05) is 0 Å². The summed E-state index contributed by atoms with van der Waals surface area (Å²) in [5.41, 5.74) is -0.421. The number of hydrogen-bond acceptors (Lipinski definition) is 7.